The van der Waals surface area contributed by atoms with E-state index in [-0.39, 0.29) is 11.7 Å². The van der Waals surface area contributed by atoms with Crippen LogP contribution in [0, 0.1) is 0 Å². The van der Waals surface area contributed by atoms with Crippen LogP contribution in [0.5, 0.6) is 0 Å². The van der Waals surface area contributed by atoms with Crippen LogP contribution in [-0.2, 0) is 4.79 Å². The number of ketones is 1. The standard InChI is InChI=1S/C9H8O2S/c10-6-3-4-7(11)9(6)8-2-1-5-12-8/h1-6,9-10H/t6-,9+/m0/s1. The molecule has 0 radical (unpaired) electrons. The first-order chi connectivity index (χ1) is 5.79. The molecule has 1 aromatic heterocycles. The molecule has 1 aliphatic rings. The molecule has 0 saturated heterocycles. The summed E-state index contributed by atoms with van der Waals surface area (Å²) in [7, 11) is 0. The van der Waals surface area contributed by atoms with E-state index in [1.54, 1.807) is 6.08 Å². The number of hydrogen-bond donors (Lipinski definition) is 1. The number of aliphatic hydroxyl groups is 1. The summed E-state index contributed by atoms with van der Waals surface area (Å²) in [6.07, 6.45) is 2.37. The first-order valence-electron chi connectivity index (χ1n) is 3.72. The fourth-order valence-corrected chi connectivity index (χ4v) is 2.23. The normalized spacial score (nSPS) is 28.2. The Bertz CT molecular complexity index is 313. The minimum Gasteiger partial charge on any atom is -0.388 e. The predicted octanol–water partition coefficient (Wildman–Crippen LogP) is 1.33. The van der Waals surface area contributed by atoms with E-state index in [1.807, 2.05) is 17.5 Å². The van der Waals surface area contributed by atoms with Crippen molar-refractivity contribution < 1.29 is 9.90 Å². The molecule has 0 amide bonds. The van der Waals surface area contributed by atoms with E-state index in [1.165, 1.54) is 17.4 Å². The van der Waals surface area contributed by atoms with Gasteiger partial charge in [0.25, 0.3) is 0 Å². The van der Waals surface area contributed by atoms with Gasteiger partial charge in [0.15, 0.2) is 5.78 Å². The van der Waals surface area contributed by atoms with Gasteiger partial charge in [-0.1, -0.05) is 12.1 Å². The molecule has 0 aromatic carbocycles. The SMILES string of the molecule is O=C1C=C[C@H](O)[C@H]1c1cccs1. The lowest BCUT2D eigenvalue weighted by Gasteiger charge is -2.09. The van der Waals surface area contributed by atoms with Crippen molar-refractivity contribution in [1.82, 2.24) is 0 Å². The molecule has 0 unspecified atom stereocenters. The molecule has 2 rings (SSSR count). The summed E-state index contributed by atoms with van der Waals surface area (Å²) in [6.45, 7) is 0. The quantitative estimate of drug-likeness (QED) is 0.708. The Hall–Kier alpha value is -0.930. The van der Waals surface area contributed by atoms with Crippen molar-refractivity contribution in [2.75, 3.05) is 0 Å². The van der Waals surface area contributed by atoms with E-state index in [4.69, 9.17) is 0 Å². The van der Waals surface area contributed by atoms with Gasteiger partial charge in [0, 0.05) is 4.88 Å². The number of allylic oxidation sites excluding steroid dienone is 1. The lowest BCUT2D eigenvalue weighted by atomic mass is 10.0. The third-order valence-electron chi connectivity index (χ3n) is 1.96. The van der Waals surface area contributed by atoms with Gasteiger partial charge in [-0.15, -0.1) is 11.3 Å². The van der Waals surface area contributed by atoms with Gasteiger partial charge in [0.2, 0.25) is 0 Å². The highest BCUT2D eigenvalue weighted by molar-refractivity contribution is 7.10. The van der Waals surface area contributed by atoms with E-state index in [0.29, 0.717) is 0 Å². The maximum atomic E-state index is 11.2. The molecular formula is C9H8O2S. The summed E-state index contributed by atoms with van der Waals surface area (Å²) >= 11 is 1.51. The number of rotatable bonds is 1. The van der Waals surface area contributed by atoms with Crippen LogP contribution in [0.15, 0.2) is 29.7 Å². The van der Waals surface area contributed by atoms with E-state index in [2.05, 4.69) is 0 Å². The van der Waals surface area contributed by atoms with E-state index < -0.39 is 6.10 Å². The Morgan fingerprint density at radius 1 is 1.50 bits per heavy atom. The zero-order valence-corrected chi connectivity index (χ0v) is 7.12. The van der Waals surface area contributed by atoms with Crippen LogP contribution in [-0.4, -0.2) is 17.0 Å². The Morgan fingerprint density at radius 2 is 2.33 bits per heavy atom. The topological polar surface area (TPSA) is 37.3 Å². The molecule has 3 heteroatoms. The number of hydrogen-bond acceptors (Lipinski definition) is 3. The van der Waals surface area contributed by atoms with Gasteiger partial charge in [-0.25, -0.2) is 0 Å². The lowest BCUT2D eigenvalue weighted by molar-refractivity contribution is -0.116. The molecule has 0 spiro atoms. The fraction of sp³-hybridized carbons (Fsp3) is 0.222. The molecule has 62 valence electrons. The second kappa shape index (κ2) is 2.84. The van der Waals surface area contributed by atoms with Gasteiger partial charge < -0.3 is 5.11 Å². The third-order valence-corrected chi connectivity index (χ3v) is 2.91. The molecule has 0 aliphatic heterocycles. The summed E-state index contributed by atoms with van der Waals surface area (Å²) in [5.41, 5.74) is 0. The highest BCUT2D eigenvalue weighted by Gasteiger charge is 2.30. The van der Waals surface area contributed by atoms with Crippen molar-refractivity contribution in [3.8, 4) is 0 Å². The van der Waals surface area contributed by atoms with Crippen LogP contribution >= 0.6 is 11.3 Å². The van der Waals surface area contributed by atoms with E-state index in [9.17, 15) is 9.90 Å². The molecule has 1 heterocycles. The summed E-state index contributed by atoms with van der Waals surface area (Å²) in [5, 5.41) is 11.3. The fourth-order valence-electron chi connectivity index (χ4n) is 1.35. The van der Waals surface area contributed by atoms with Gasteiger partial charge in [-0.2, -0.15) is 0 Å². The first kappa shape index (κ1) is 7.71. The van der Waals surface area contributed by atoms with Crippen molar-refractivity contribution in [1.29, 1.82) is 0 Å². The van der Waals surface area contributed by atoms with Gasteiger partial charge in [0.1, 0.15) is 0 Å². The molecule has 1 aromatic rings. The molecule has 0 fully saturated rings. The van der Waals surface area contributed by atoms with E-state index >= 15 is 0 Å². The lowest BCUT2D eigenvalue weighted by Crippen LogP contribution is -2.16. The van der Waals surface area contributed by atoms with E-state index in [0.717, 1.165) is 4.88 Å². The number of carbonyl (C=O) groups is 1. The highest BCUT2D eigenvalue weighted by atomic mass is 32.1. The summed E-state index contributed by atoms with van der Waals surface area (Å²) in [4.78, 5) is 12.2. The second-order valence-corrected chi connectivity index (χ2v) is 3.72. The molecule has 1 aliphatic carbocycles. The molecule has 12 heavy (non-hydrogen) atoms. The van der Waals surface area contributed by atoms with Crippen LogP contribution in [0.25, 0.3) is 0 Å². The van der Waals surface area contributed by atoms with Crippen molar-refractivity contribution in [2.45, 2.75) is 12.0 Å². The van der Waals surface area contributed by atoms with Crippen molar-refractivity contribution >= 4 is 17.1 Å². The van der Waals surface area contributed by atoms with Gasteiger partial charge in [-0.3, -0.25) is 4.79 Å². The maximum absolute atomic E-state index is 11.2. The van der Waals surface area contributed by atoms with Crippen LogP contribution in [0.2, 0.25) is 0 Å². The second-order valence-electron chi connectivity index (χ2n) is 2.75. The monoisotopic (exact) mass is 180 g/mol. The Kier molecular flexibility index (Phi) is 1.83. The molecule has 0 bridgehead atoms. The zero-order valence-electron chi connectivity index (χ0n) is 6.31. The molecule has 0 saturated carbocycles. The first-order valence-corrected chi connectivity index (χ1v) is 4.60. The van der Waals surface area contributed by atoms with Crippen molar-refractivity contribution in [3.05, 3.63) is 34.5 Å². The van der Waals surface area contributed by atoms with Gasteiger partial charge in [-0.05, 0) is 17.5 Å². The number of aliphatic hydroxyl groups excluding tert-OH is 1. The van der Waals surface area contributed by atoms with Crippen LogP contribution in [0.4, 0.5) is 0 Å². The third kappa shape index (κ3) is 1.11. The Balaban J connectivity index is 2.31. The minimum absolute atomic E-state index is 0.00458. The highest BCUT2D eigenvalue weighted by Crippen LogP contribution is 2.29. The van der Waals surface area contributed by atoms with Crippen molar-refractivity contribution in [2.24, 2.45) is 0 Å². The van der Waals surface area contributed by atoms with Crippen LogP contribution in [0.3, 0.4) is 0 Å². The molecule has 2 atom stereocenters. The number of thiophene rings is 1. The average Bonchev–Trinajstić information content (AvgIpc) is 2.61. The Labute approximate surface area is 74.2 Å². The maximum Gasteiger partial charge on any atom is 0.166 e. The zero-order chi connectivity index (χ0) is 8.55. The predicted molar refractivity (Wildman–Crippen MR) is 47.2 cm³/mol. The average molecular weight is 180 g/mol. The smallest absolute Gasteiger partial charge is 0.166 e. The Morgan fingerprint density at radius 3 is 2.83 bits per heavy atom. The number of carbonyl (C=O) groups excluding carboxylic acids is 1. The van der Waals surface area contributed by atoms with Crippen LogP contribution in [0.1, 0.15) is 10.8 Å². The molecule has 1 N–H and O–H groups in total. The largest absolute Gasteiger partial charge is 0.388 e. The molecular weight excluding hydrogens is 172 g/mol. The van der Waals surface area contributed by atoms with Crippen LogP contribution < -0.4 is 0 Å². The van der Waals surface area contributed by atoms with Crippen molar-refractivity contribution in [3.63, 3.8) is 0 Å². The summed E-state index contributed by atoms with van der Waals surface area (Å²) < 4.78 is 0. The van der Waals surface area contributed by atoms with Gasteiger partial charge in [0.05, 0.1) is 12.0 Å². The summed E-state index contributed by atoms with van der Waals surface area (Å²) in [6, 6.07) is 3.77. The summed E-state index contributed by atoms with van der Waals surface area (Å²) in [5.74, 6) is -0.338. The minimum atomic E-state index is -0.629. The molecule has 2 nitrogen and oxygen atoms in total. The van der Waals surface area contributed by atoms with Gasteiger partial charge >= 0.3 is 0 Å².